The van der Waals surface area contributed by atoms with Crippen LogP contribution in [0.2, 0.25) is 0 Å². The van der Waals surface area contributed by atoms with Crippen molar-refractivity contribution in [3.05, 3.63) is 59.2 Å². The molecule has 0 bridgehead atoms. The van der Waals surface area contributed by atoms with Crippen molar-refractivity contribution in [2.75, 3.05) is 0 Å². The fourth-order valence-electron chi connectivity index (χ4n) is 2.14. The zero-order chi connectivity index (χ0) is 12.1. The number of nitrogens with zero attached hydrogens (tertiary/aromatic N) is 2. The van der Waals surface area contributed by atoms with Crippen LogP contribution in [0, 0.1) is 13.8 Å². The van der Waals surface area contributed by atoms with Gasteiger partial charge in [-0.05, 0) is 61.4 Å². The second-order valence-corrected chi connectivity index (χ2v) is 4.47. The number of aryl methyl sites for hydroxylation is 3. The first-order chi connectivity index (χ1) is 8.27. The van der Waals surface area contributed by atoms with Gasteiger partial charge in [-0.2, -0.15) is 0 Å². The Morgan fingerprint density at radius 3 is 2.35 bits per heavy atom. The van der Waals surface area contributed by atoms with Gasteiger partial charge in [-0.1, -0.05) is 6.07 Å². The highest BCUT2D eigenvalue weighted by Crippen LogP contribution is 2.15. The first-order valence-electron chi connectivity index (χ1n) is 6.06. The van der Waals surface area contributed by atoms with Gasteiger partial charge < -0.3 is 0 Å². The molecule has 0 fully saturated rings. The van der Waals surface area contributed by atoms with E-state index in [2.05, 4.69) is 29.9 Å². The molecule has 2 nitrogen and oxygen atoms in total. The van der Waals surface area contributed by atoms with Gasteiger partial charge in [0, 0.05) is 24.8 Å². The molecule has 0 aliphatic heterocycles. The van der Waals surface area contributed by atoms with E-state index in [1.807, 2.05) is 30.9 Å². The molecule has 0 amide bonds. The molecule has 2 rings (SSSR count). The van der Waals surface area contributed by atoms with E-state index in [4.69, 9.17) is 0 Å². The quantitative estimate of drug-likeness (QED) is 0.799. The van der Waals surface area contributed by atoms with E-state index < -0.39 is 0 Å². The Bertz CT molecular complexity index is 457. The molecule has 0 N–H and O–H groups in total. The Labute approximate surface area is 103 Å². The average Bonchev–Trinajstić information content (AvgIpc) is 2.34. The minimum Gasteiger partial charge on any atom is -0.264 e. The largest absolute Gasteiger partial charge is 0.264 e. The van der Waals surface area contributed by atoms with Crippen molar-refractivity contribution in [1.82, 2.24) is 9.97 Å². The predicted octanol–water partition coefficient (Wildman–Crippen LogP) is 3.27. The van der Waals surface area contributed by atoms with Crippen LogP contribution in [-0.4, -0.2) is 9.97 Å². The van der Waals surface area contributed by atoms with Gasteiger partial charge in [0.05, 0.1) is 0 Å². The molecule has 2 aromatic rings. The first kappa shape index (κ1) is 11.8. The van der Waals surface area contributed by atoms with E-state index in [9.17, 15) is 0 Å². The van der Waals surface area contributed by atoms with Gasteiger partial charge in [0.25, 0.3) is 0 Å². The Morgan fingerprint density at radius 1 is 0.941 bits per heavy atom. The van der Waals surface area contributed by atoms with Crippen molar-refractivity contribution in [3.63, 3.8) is 0 Å². The Morgan fingerprint density at radius 2 is 1.71 bits per heavy atom. The molecular formula is C15H18N2. The molecule has 2 aromatic heterocycles. The van der Waals surface area contributed by atoms with Crippen LogP contribution in [0.4, 0.5) is 0 Å². The molecule has 0 saturated carbocycles. The van der Waals surface area contributed by atoms with E-state index in [0.29, 0.717) is 0 Å². The van der Waals surface area contributed by atoms with Crippen molar-refractivity contribution in [1.29, 1.82) is 0 Å². The minimum atomic E-state index is 1.09. The summed E-state index contributed by atoms with van der Waals surface area (Å²) in [7, 11) is 0. The van der Waals surface area contributed by atoms with Crippen LogP contribution in [0.25, 0.3) is 0 Å². The van der Waals surface area contributed by atoms with Crippen LogP contribution in [0.3, 0.4) is 0 Å². The van der Waals surface area contributed by atoms with E-state index in [-0.39, 0.29) is 0 Å². The molecule has 2 heterocycles. The predicted molar refractivity (Wildman–Crippen MR) is 70.0 cm³/mol. The van der Waals surface area contributed by atoms with Crippen molar-refractivity contribution in [2.45, 2.75) is 33.1 Å². The summed E-state index contributed by atoms with van der Waals surface area (Å²) in [5.41, 5.74) is 5.37. The van der Waals surface area contributed by atoms with Gasteiger partial charge in [0.15, 0.2) is 0 Å². The fraction of sp³-hybridized carbons (Fsp3) is 0.333. The SMILES string of the molecule is Cc1cncc(C)c1CCCc1cccnc1. The molecule has 0 unspecified atom stereocenters. The maximum Gasteiger partial charge on any atom is 0.0300 e. The van der Waals surface area contributed by atoms with Gasteiger partial charge in [-0.25, -0.2) is 0 Å². The second-order valence-electron chi connectivity index (χ2n) is 4.47. The third-order valence-corrected chi connectivity index (χ3v) is 3.10. The Balaban J connectivity index is 1.95. The molecule has 17 heavy (non-hydrogen) atoms. The highest BCUT2D eigenvalue weighted by atomic mass is 14.6. The number of hydrogen-bond donors (Lipinski definition) is 0. The van der Waals surface area contributed by atoms with Crippen molar-refractivity contribution in [3.8, 4) is 0 Å². The normalized spacial score (nSPS) is 10.5. The summed E-state index contributed by atoms with van der Waals surface area (Å²) in [6.07, 6.45) is 11.0. The van der Waals surface area contributed by atoms with Gasteiger partial charge >= 0.3 is 0 Å². The van der Waals surface area contributed by atoms with Gasteiger partial charge in [-0.3, -0.25) is 9.97 Å². The minimum absolute atomic E-state index is 1.09. The summed E-state index contributed by atoms with van der Waals surface area (Å²) < 4.78 is 0. The highest BCUT2D eigenvalue weighted by molar-refractivity contribution is 5.30. The maximum atomic E-state index is 4.20. The first-order valence-corrected chi connectivity index (χ1v) is 6.06. The third kappa shape index (κ3) is 3.13. The molecule has 0 radical (unpaired) electrons. The topological polar surface area (TPSA) is 25.8 Å². The van der Waals surface area contributed by atoms with Crippen molar-refractivity contribution in [2.24, 2.45) is 0 Å². The smallest absolute Gasteiger partial charge is 0.0300 e. The summed E-state index contributed by atoms with van der Waals surface area (Å²) in [5.74, 6) is 0. The number of rotatable bonds is 4. The van der Waals surface area contributed by atoms with E-state index in [0.717, 1.165) is 19.3 Å². The molecule has 0 saturated heterocycles. The van der Waals surface area contributed by atoms with Crippen molar-refractivity contribution < 1.29 is 0 Å². The third-order valence-electron chi connectivity index (χ3n) is 3.10. The molecule has 0 aromatic carbocycles. The van der Waals surface area contributed by atoms with Crippen LogP contribution in [0.1, 0.15) is 28.7 Å². The van der Waals surface area contributed by atoms with Crippen LogP contribution >= 0.6 is 0 Å². The molecule has 0 atom stereocenters. The van der Waals surface area contributed by atoms with Gasteiger partial charge in [0.2, 0.25) is 0 Å². The molecule has 0 aliphatic rings. The van der Waals surface area contributed by atoms with Gasteiger partial charge in [-0.15, -0.1) is 0 Å². The molecular weight excluding hydrogens is 208 g/mol. The Kier molecular flexibility index (Phi) is 3.86. The van der Waals surface area contributed by atoms with E-state index in [1.54, 1.807) is 0 Å². The lowest BCUT2D eigenvalue weighted by Gasteiger charge is -2.08. The second kappa shape index (κ2) is 5.58. The monoisotopic (exact) mass is 226 g/mol. The zero-order valence-electron chi connectivity index (χ0n) is 10.5. The fourth-order valence-corrected chi connectivity index (χ4v) is 2.14. The summed E-state index contributed by atoms with van der Waals surface area (Å²) in [6, 6.07) is 4.14. The van der Waals surface area contributed by atoms with Crippen LogP contribution < -0.4 is 0 Å². The summed E-state index contributed by atoms with van der Waals surface area (Å²) >= 11 is 0. The van der Waals surface area contributed by atoms with Crippen molar-refractivity contribution >= 4 is 0 Å². The highest BCUT2D eigenvalue weighted by Gasteiger charge is 2.02. The standard InChI is InChI=1S/C15H18N2/c1-12-9-17-10-13(2)15(12)7-3-5-14-6-4-8-16-11-14/h4,6,8-11H,3,5,7H2,1-2H3. The average molecular weight is 226 g/mol. The number of hydrogen-bond acceptors (Lipinski definition) is 2. The summed E-state index contributed by atoms with van der Waals surface area (Å²) in [6.45, 7) is 4.28. The molecule has 88 valence electrons. The lowest BCUT2D eigenvalue weighted by atomic mass is 9.99. The summed E-state index contributed by atoms with van der Waals surface area (Å²) in [4.78, 5) is 8.34. The lowest BCUT2D eigenvalue weighted by Crippen LogP contribution is -1.97. The van der Waals surface area contributed by atoms with E-state index in [1.165, 1.54) is 22.3 Å². The molecule has 0 aliphatic carbocycles. The van der Waals surface area contributed by atoms with Crippen LogP contribution in [0.5, 0.6) is 0 Å². The Hall–Kier alpha value is -1.70. The maximum absolute atomic E-state index is 4.20. The molecule has 0 spiro atoms. The van der Waals surface area contributed by atoms with Crippen LogP contribution in [0.15, 0.2) is 36.9 Å². The zero-order valence-corrected chi connectivity index (χ0v) is 10.5. The molecule has 2 heteroatoms. The lowest BCUT2D eigenvalue weighted by molar-refractivity contribution is 0.805. The van der Waals surface area contributed by atoms with E-state index >= 15 is 0 Å². The van der Waals surface area contributed by atoms with Crippen LogP contribution in [-0.2, 0) is 12.8 Å². The number of aromatic nitrogens is 2. The van der Waals surface area contributed by atoms with Gasteiger partial charge in [0.1, 0.15) is 0 Å². The number of pyridine rings is 2. The summed E-state index contributed by atoms with van der Waals surface area (Å²) in [5, 5.41) is 0.